The maximum atomic E-state index is 12.4. The number of carbonyl (C=O) groups excluding carboxylic acids is 1. The van der Waals surface area contributed by atoms with Crippen molar-refractivity contribution >= 4 is 56.3 Å². The minimum atomic E-state index is -0.0501. The number of hydrogen-bond donors (Lipinski definition) is 1. The molecule has 1 N–H and O–H groups in total. The van der Waals surface area contributed by atoms with Crippen molar-refractivity contribution in [2.75, 3.05) is 10.2 Å². The molecular formula is C21H21N5O2S3. The zero-order chi connectivity index (χ0) is 21.6. The molecule has 0 aliphatic heterocycles. The molecule has 0 saturated heterocycles. The molecule has 160 valence electrons. The smallest absolute Gasteiger partial charge is 0.230 e. The van der Waals surface area contributed by atoms with Gasteiger partial charge in [-0.3, -0.25) is 9.69 Å². The van der Waals surface area contributed by atoms with E-state index in [-0.39, 0.29) is 5.91 Å². The predicted octanol–water partition coefficient (Wildman–Crippen LogP) is 5.74. The highest BCUT2D eigenvalue weighted by molar-refractivity contribution is 8.00. The number of rotatable bonds is 9. The molecule has 0 fully saturated rings. The van der Waals surface area contributed by atoms with Crippen molar-refractivity contribution in [3.63, 3.8) is 0 Å². The zero-order valence-electron chi connectivity index (χ0n) is 17.1. The Labute approximate surface area is 192 Å². The number of nitrogens with one attached hydrogen (secondary N) is 1. The number of aromatic nitrogens is 3. The number of furan rings is 1. The van der Waals surface area contributed by atoms with Gasteiger partial charge in [-0.25, -0.2) is 4.98 Å². The topological polar surface area (TPSA) is 84.2 Å². The van der Waals surface area contributed by atoms with Gasteiger partial charge < -0.3 is 9.73 Å². The average Bonchev–Trinajstić information content (AvgIpc) is 3.53. The van der Waals surface area contributed by atoms with Crippen LogP contribution in [0.4, 0.5) is 16.0 Å². The summed E-state index contributed by atoms with van der Waals surface area (Å²) in [5.41, 5.74) is 2.92. The molecule has 0 atom stereocenters. The van der Waals surface area contributed by atoms with Crippen LogP contribution in [-0.2, 0) is 23.5 Å². The first-order chi connectivity index (χ1) is 15.1. The molecule has 1 aromatic carbocycles. The minimum absolute atomic E-state index is 0.0501. The Morgan fingerprint density at radius 2 is 2.10 bits per heavy atom. The largest absolute Gasteiger partial charge is 0.467 e. The van der Waals surface area contributed by atoms with E-state index < -0.39 is 0 Å². The molecule has 3 aromatic heterocycles. The van der Waals surface area contributed by atoms with E-state index in [2.05, 4.69) is 22.4 Å². The maximum Gasteiger partial charge on any atom is 0.230 e. The Morgan fingerprint density at radius 1 is 1.23 bits per heavy atom. The monoisotopic (exact) mass is 471 g/mol. The van der Waals surface area contributed by atoms with Crippen molar-refractivity contribution in [2.24, 2.45) is 0 Å². The summed E-state index contributed by atoms with van der Waals surface area (Å²) in [6, 6.07) is 11.7. The van der Waals surface area contributed by atoms with Crippen LogP contribution in [0, 0.1) is 0 Å². The fourth-order valence-corrected chi connectivity index (χ4v) is 5.58. The van der Waals surface area contributed by atoms with E-state index in [0.29, 0.717) is 17.4 Å². The lowest BCUT2D eigenvalue weighted by Crippen LogP contribution is -2.23. The third-order valence-corrected chi connectivity index (χ3v) is 7.33. The number of carbonyl (C=O) groups is 1. The van der Waals surface area contributed by atoms with Crippen molar-refractivity contribution < 1.29 is 9.21 Å². The van der Waals surface area contributed by atoms with Gasteiger partial charge in [0, 0.05) is 18.1 Å². The van der Waals surface area contributed by atoms with E-state index >= 15 is 0 Å². The molecule has 0 unspecified atom stereocenters. The zero-order valence-corrected chi connectivity index (χ0v) is 19.5. The summed E-state index contributed by atoms with van der Waals surface area (Å²) in [5, 5.41) is 15.0. The van der Waals surface area contributed by atoms with Gasteiger partial charge in [0.05, 0.1) is 24.2 Å². The van der Waals surface area contributed by atoms with Crippen molar-refractivity contribution in [3.8, 4) is 0 Å². The molecule has 4 aromatic rings. The van der Waals surface area contributed by atoms with Gasteiger partial charge in [0.15, 0.2) is 9.47 Å². The van der Waals surface area contributed by atoms with E-state index in [1.165, 1.54) is 22.7 Å². The Kier molecular flexibility index (Phi) is 7.00. The summed E-state index contributed by atoms with van der Waals surface area (Å²) in [6.45, 7) is 4.23. The first-order valence-corrected chi connectivity index (χ1v) is 12.4. The molecule has 3 heterocycles. The molecular weight excluding hydrogens is 450 g/mol. The maximum absolute atomic E-state index is 12.4. The first kappa shape index (κ1) is 21.5. The molecule has 0 radical (unpaired) electrons. The number of nitrogens with zero attached hydrogens (tertiary/aromatic N) is 4. The third-order valence-electron chi connectivity index (χ3n) is 4.40. The van der Waals surface area contributed by atoms with Gasteiger partial charge in [-0.1, -0.05) is 48.2 Å². The number of para-hydroxylation sites is 1. The van der Waals surface area contributed by atoms with E-state index in [9.17, 15) is 4.79 Å². The Bertz CT molecular complexity index is 1140. The normalized spacial score (nSPS) is 10.9. The van der Waals surface area contributed by atoms with Crippen molar-refractivity contribution in [1.29, 1.82) is 0 Å². The highest BCUT2D eigenvalue weighted by Gasteiger charge is 2.20. The number of benzene rings is 1. The van der Waals surface area contributed by atoms with Crippen LogP contribution in [0.25, 0.3) is 0 Å². The summed E-state index contributed by atoms with van der Waals surface area (Å²) in [7, 11) is 0. The van der Waals surface area contributed by atoms with Gasteiger partial charge >= 0.3 is 0 Å². The standard InChI is InChI=1S/C21H21N5O2S3/c1-3-15-7-4-5-9-18(15)26(14(2)27)20-23-16(12-29-20)13-30-21-25-24-19(31-21)22-11-17-8-6-10-28-17/h4-10,12H,3,11,13H2,1-2H3,(H,22,24). The van der Waals surface area contributed by atoms with E-state index in [1.807, 2.05) is 41.8 Å². The lowest BCUT2D eigenvalue weighted by Gasteiger charge is -2.20. The highest BCUT2D eigenvalue weighted by atomic mass is 32.2. The van der Waals surface area contributed by atoms with E-state index in [0.717, 1.165) is 38.6 Å². The van der Waals surface area contributed by atoms with Gasteiger partial charge in [-0.15, -0.1) is 21.5 Å². The van der Waals surface area contributed by atoms with Crippen LogP contribution in [0.15, 0.2) is 56.8 Å². The van der Waals surface area contributed by atoms with Crippen LogP contribution in [-0.4, -0.2) is 21.1 Å². The molecule has 0 aliphatic carbocycles. The van der Waals surface area contributed by atoms with Gasteiger partial charge in [0.1, 0.15) is 5.76 Å². The lowest BCUT2D eigenvalue weighted by atomic mass is 10.1. The summed E-state index contributed by atoms with van der Waals surface area (Å²) in [5.74, 6) is 1.45. The van der Waals surface area contributed by atoms with Crippen molar-refractivity contribution in [3.05, 3.63) is 65.1 Å². The number of thiazole rings is 1. The average molecular weight is 472 g/mol. The van der Waals surface area contributed by atoms with Crippen molar-refractivity contribution in [2.45, 2.75) is 36.9 Å². The van der Waals surface area contributed by atoms with Crippen LogP contribution in [0.2, 0.25) is 0 Å². The number of hydrogen-bond acceptors (Lipinski definition) is 9. The van der Waals surface area contributed by atoms with Crippen LogP contribution >= 0.6 is 34.4 Å². The second-order valence-corrected chi connectivity index (χ2v) is 9.59. The van der Waals surface area contributed by atoms with Gasteiger partial charge in [-0.2, -0.15) is 0 Å². The minimum Gasteiger partial charge on any atom is -0.467 e. The first-order valence-electron chi connectivity index (χ1n) is 9.69. The molecule has 0 bridgehead atoms. The van der Waals surface area contributed by atoms with Crippen LogP contribution in [0.3, 0.4) is 0 Å². The molecule has 0 aliphatic rings. The summed E-state index contributed by atoms with van der Waals surface area (Å²) in [6.07, 6.45) is 2.50. The van der Waals surface area contributed by atoms with Crippen LogP contribution in [0.1, 0.15) is 30.9 Å². The number of amides is 1. The Hall–Kier alpha value is -2.69. The molecule has 4 rings (SSSR count). The molecule has 7 nitrogen and oxygen atoms in total. The van der Waals surface area contributed by atoms with Gasteiger partial charge in [-0.05, 0) is 30.2 Å². The van der Waals surface area contributed by atoms with Crippen LogP contribution < -0.4 is 10.2 Å². The summed E-state index contributed by atoms with van der Waals surface area (Å²) in [4.78, 5) is 18.8. The third kappa shape index (κ3) is 5.33. The van der Waals surface area contributed by atoms with Crippen LogP contribution in [0.5, 0.6) is 0 Å². The summed E-state index contributed by atoms with van der Waals surface area (Å²) >= 11 is 4.54. The van der Waals surface area contributed by atoms with Gasteiger partial charge in [0.2, 0.25) is 11.0 Å². The van der Waals surface area contributed by atoms with E-state index in [4.69, 9.17) is 9.40 Å². The summed E-state index contributed by atoms with van der Waals surface area (Å²) < 4.78 is 6.16. The predicted molar refractivity (Wildman–Crippen MR) is 126 cm³/mol. The molecule has 0 saturated carbocycles. The number of anilines is 3. The fourth-order valence-electron chi connectivity index (χ4n) is 2.95. The second-order valence-electron chi connectivity index (χ2n) is 6.55. The second kappa shape index (κ2) is 10.1. The molecule has 1 amide bonds. The highest BCUT2D eigenvalue weighted by Crippen LogP contribution is 2.34. The number of aryl methyl sites for hydroxylation is 1. The molecule has 0 spiro atoms. The SMILES string of the molecule is CCc1ccccc1N(C(C)=O)c1nc(CSc2nnc(NCc3ccco3)s2)cs1. The van der Waals surface area contributed by atoms with E-state index in [1.54, 1.807) is 29.8 Å². The quantitative estimate of drug-likeness (QED) is 0.312. The Morgan fingerprint density at radius 3 is 2.87 bits per heavy atom. The van der Waals surface area contributed by atoms with Gasteiger partial charge in [0.25, 0.3) is 0 Å². The lowest BCUT2D eigenvalue weighted by molar-refractivity contribution is -0.115. The number of thioether (sulfide) groups is 1. The fraction of sp³-hybridized carbons (Fsp3) is 0.238. The van der Waals surface area contributed by atoms with Crippen molar-refractivity contribution in [1.82, 2.24) is 15.2 Å². The molecule has 10 heteroatoms. The molecule has 31 heavy (non-hydrogen) atoms. The Balaban J connectivity index is 1.40.